The van der Waals surface area contributed by atoms with E-state index in [1.165, 1.54) is 5.56 Å². The molecule has 0 saturated heterocycles. The van der Waals surface area contributed by atoms with E-state index >= 15 is 0 Å². The normalized spacial score (nSPS) is 13.2. The first kappa shape index (κ1) is 9.29. The average molecular weight is 168 g/mol. The number of nitrogens with zero attached hydrogens (tertiary/aromatic N) is 1. The highest BCUT2D eigenvalue weighted by Gasteiger charge is 2.02. The van der Waals surface area contributed by atoms with E-state index in [2.05, 4.69) is 24.5 Å². The Kier molecular flexibility index (Phi) is 3.31. The van der Waals surface area contributed by atoms with Gasteiger partial charge in [-0.1, -0.05) is 0 Å². The topological polar surface area (TPSA) is 37.2 Å². The maximum Gasteiger partial charge on any atom is 0.0610 e. The van der Waals surface area contributed by atoms with Crippen molar-refractivity contribution in [2.24, 2.45) is 0 Å². The standard InChI is InChI=1S/C9H16N2O/c1-8(10-2)9-3-4-11(7-9)5-6-12/h3-4,7-8,10,12H,5-6H2,1-2H3. The van der Waals surface area contributed by atoms with Crippen molar-refractivity contribution in [1.82, 2.24) is 9.88 Å². The smallest absolute Gasteiger partial charge is 0.0610 e. The number of rotatable bonds is 4. The lowest BCUT2D eigenvalue weighted by molar-refractivity contribution is 0.276. The van der Waals surface area contributed by atoms with Crippen molar-refractivity contribution >= 4 is 0 Å². The minimum atomic E-state index is 0.196. The second kappa shape index (κ2) is 4.28. The molecule has 0 aliphatic rings. The molecule has 1 rings (SSSR count). The molecule has 0 aromatic carbocycles. The first-order valence-corrected chi connectivity index (χ1v) is 4.21. The monoisotopic (exact) mass is 168 g/mol. The van der Waals surface area contributed by atoms with Gasteiger partial charge in [-0.15, -0.1) is 0 Å². The van der Waals surface area contributed by atoms with Crippen LogP contribution < -0.4 is 5.32 Å². The van der Waals surface area contributed by atoms with Crippen LogP contribution in [0.3, 0.4) is 0 Å². The summed E-state index contributed by atoms with van der Waals surface area (Å²) in [7, 11) is 1.94. The van der Waals surface area contributed by atoms with E-state index in [4.69, 9.17) is 5.11 Å². The van der Waals surface area contributed by atoms with Crippen molar-refractivity contribution in [2.75, 3.05) is 13.7 Å². The van der Waals surface area contributed by atoms with Crippen LogP contribution in [0.15, 0.2) is 18.5 Å². The van der Waals surface area contributed by atoms with Crippen molar-refractivity contribution in [2.45, 2.75) is 19.5 Å². The fourth-order valence-electron chi connectivity index (χ4n) is 1.14. The van der Waals surface area contributed by atoms with Gasteiger partial charge in [0.2, 0.25) is 0 Å². The molecule has 0 amide bonds. The van der Waals surface area contributed by atoms with Crippen LogP contribution in [0.2, 0.25) is 0 Å². The average Bonchev–Trinajstić information content (AvgIpc) is 2.52. The molecule has 0 spiro atoms. The molecule has 0 bridgehead atoms. The van der Waals surface area contributed by atoms with Gasteiger partial charge in [0.1, 0.15) is 0 Å². The second-order valence-corrected chi connectivity index (χ2v) is 2.92. The fourth-order valence-corrected chi connectivity index (χ4v) is 1.14. The molecule has 2 N–H and O–H groups in total. The van der Waals surface area contributed by atoms with Crippen LogP contribution in [0.4, 0.5) is 0 Å². The molecule has 1 aromatic heterocycles. The number of aliphatic hydroxyl groups is 1. The lowest BCUT2D eigenvalue weighted by Gasteiger charge is -2.06. The maximum atomic E-state index is 8.69. The molecule has 0 radical (unpaired) electrons. The van der Waals surface area contributed by atoms with Gasteiger partial charge in [-0.25, -0.2) is 0 Å². The van der Waals surface area contributed by atoms with Gasteiger partial charge >= 0.3 is 0 Å². The van der Waals surface area contributed by atoms with Gasteiger partial charge < -0.3 is 15.0 Å². The van der Waals surface area contributed by atoms with Crippen molar-refractivity contribution in [1.29, 1.82) is 0 Å². The van der Waals surface area contributed by atoms with Crippen LogP contribution in [-0.4, -0.2) is 23.3 Å². The van der Waals surface area contributed by atoms with Crippen LogP contribution in [0.1, 0.15) is 18.5 Å². The van der Waals surface area contributed by atoms with E-state index in [0.29, 0.717) is 12.6 Å². The first-order valence-electron chi connectivity index (χ1n) is 4.21. The van der Waals surface area contributed by atoms with E-state index in [1.807, 2.05) is 17.8 Å². The highest BCUT2D eigenvalue weighted by atomic mass is 16.3. The molecular weight excluding hydrogens is 152 g/mol. The van der Waals surface area contributed by atoms with Crippen LogP contribution in [0, 0.1) is 0 Å². The van der Waals surface area contributed by atoms with Crippen molar-refractivity contribution < 1.29 is 5.11 Å². The molecule has 0 aliphatic carbocycles. The van der Waals surface area contributed by atoms with Crippen molar-refractivity contribution in [3.63, 3.8) is 0 Å². The van der Waals surface area contributed by atoms with E-state index in [-0.39, 0.29) is 6.61 Å². The van der Waals surface area contributed by atoms with Crippen LogP contribution in [0.5, 0.6) is 0 Å². The molecule has 0 fully saturated rings. The summed E-state index contributed by atoms with van der Waals surface area (Å²) in [4.78, 5) is 0. The van der Waals surface area contributed by atoms with Gasteiger partial charge in [-0.3, -0.25) is 0 Å². The van der Waals surface area contributed by atoms with E-state index in [0.717, 1.165) is 0 Å². The van der Waals surface area contributed by atoms with Gasteiger partial charge in [0.05, 0.1) is 6.61 Å². The molecule has 0 aliphatic heterocycles. The number of nitrogens with one attached hydrogen (secondary N) is 1. The zero-order valence-electron chi connectivity index (χ0n) is 7.62. The minimum absolute atomic E-state index is 0.196. The molecule has 3 heteroatoms. The molecule has 1 aromatic rings. The van der Waals surface area contributed by atoms with E-state index < -0.39 is 0 Å². The van der Waals surface area contributed by atoms with Gasteiger partial charge in [0, 0.05) is 25.0 Å². The molecule has 1 atom stereocenters. The van der Waals surface area contributed by atoms with Gasteiger partial charge in [0.15, 0.2) is 0 Å². The summed E-state index contributed by atoms with van der Waals surface area (Å²) in [6.45, 7) is 2.98. The predicted octanol–water partition coefficient (Wildman–Crippen LogP) is 0.761. The summed E-state index contributed by atoms with van der Waals surface area (Å²) in [6.07, 6.45) is 4.04. The third kappa shape index (κ3) is 2.09. The minimum Gasteiger partial charge on any atom is -0.395 e. The quantitative estimate of drug-likeness (QED) is 0.696. The van der Waals surface area contributed by atoms with Crippen molar-refractivity contribution in [3.8, 4) is 0 Å². The van der Waals surface area contributed by atoms with Crippen LogP contribution in [0.25, 0.3) is 0 Å². The highest BCUT2D eigenvalue weighted by molar-refractivity contribution is 5.14. The van der Waals surface area contributed by atoms with Gasteiger partial charge in [-0.05, 0) is 25.6 Å². The van der Waals surface area contributed by atoms with Gasteiger partial charge in [0.25, 0.3) is 0 Å². The Morgan fingerprint density at radius 2 is 2.42 bits per heavy atom. The summed E-state index contributed by atoms with van der Waals surface area (Å²) in [5, 5.41) is 11.8. The Bertz CT molecular complexity index is 232. The van der Waals surface area contributed by atoms with E-state index in [1.54, 1.807) is 0 Å². The number of hydrogen-bond donors (Lipinski definition) is 2. The molecule has 1 unspecified atom stereocenters. The second-order valence-electron chi connectivity index (χ2n) is 2.92. The Morgan fingerprint density at radius 3 is 3.00 bits per heavy atom. The van der Waals surface area contributed by atoms with Crippen LogP contribution >= 0.6 is 0 Å². The summed E-state index contributed by atoms with van der Waals surface area (Å²) in [6, 6.07) is 2.45. The molecule has 12 heavy (non-hydrogen) atoms. The van der Waals surface area contributed by atoms with Crippen LogP contribution in [-0.2, 0) is 6.54 Å². The zero-order valence-corrected chi connectivity index (χ0v) is 7.62. The number of aromatic nitrogens is 1. The first-order chi connectivity index (χ1) is 5.77. The third-order valence-electron chi connectivity index (χ3n) is 2.06. The molecular formula is C9H16N2O. The SMILES string of the molecule is CNC(C)c1ccn(CCO)c1. The highest BCUT2D eigenvalue weighted by Crippen LogP contribution is 2.11. The Labute approximate surface area is 73.0 Å². The maximum absolute atomic E-state index is 8.69. The zero-order chi connectivity index (χ0) is 8.97. The summed E-state index contributed by atoms with van der Waals surface area (Å²) < 4.78 is 1.99. The number of hydrogen-bond acceptors (Lipinski definition) is 2. The molecule has 3 nitrogen and oxygen atoms in total. The summed E-state index contributed by atoms with van der Waals surface area (Å²) in [5.41, 5.74) is 1.26. The predicted molar refractivity (Wildman–Crippen MR) is 49.0 cm³/mol. The fraction of sp³-hybridized carbons (Fsp3) is 0.556. The molecule has 0 saturated carbocycles. The molecule has 68 valence electrons. The lowest BCUT2D eigenvalue weighted by atomic mass is 10.2. The third-order valence-corrected chi connectivity index (χ3v) is 2.06. The van der Waals surface area contributed by atoms with E-state index in [9.17, 15) is 0 Å². The Hall–Kier alpha value is -0.800. The summed E-state index contributed by atoms with van der Waals surface area (Å²) >= 11 is 0. The van der Waals surface area contributed by atoms with Crippen molar-refractivity contribution in [3.05, 3.63) is 24.0 Å². The largest absolute Gasteiger partial charge is 0.395 e. The Morgan fingerprint density at radius 1 is 1.67 bits per heavy atom. The lowest BCUT2D eigenvalue weighted by Crippen LogP contribution is -2.11. The molecule has 1 heterocycles. The number of aliphatic hydroxyl groups excluding tert-OH is 1. The Balaban J connectivity index is 2.63. The summed E-state index contributed by atoms with van der Waals surface area (Å²) in [5.74, 6) is 0. The van der Waals surface area contributed by atoms with Gasteiger partial charge in [-0.2, -0.15) is 0 Å².